The summed E-state index contributed by atoms with van der Waals surface area (Å²) in [5.41, 5.74) is 2.78. The fourth-order valence-electron chi connectivity index (χ4n) is 4.09. The lowest BCUT2D eigenvalue weighted by molar-refractivity contribution is -0.137. The van der Waals surface area contributed by atoms with Crippen LogP contribution in [0.5, 0.6) is 0 Å². The lowest BCUT2D eigenvalue weighted by atomic mass is 9.95. The number of fused-ring (bicyclic) bond motifs is 5. The van der Waals surface area contributed by atoms with Gasteiger partial charge in [-0.2, -0.15) is 13.2 Å². The molecule has 23 heavy (non-hydrogen) atoms. The van der Waals surface area contributed by atoms with Crippen LogP contribution >= 0.6 is 0 Å². The van der Waals surface area contributed by atoms with Crippen LogP contribution in [0.3, 0.4) is 0 Å². The van der Waals surface area contributed by atoms with E-state index in [2.05, 4.69) is 17.0 Å². The summed E-state index contributed by atoms with van der Waals surface area (Å²) in [6.45, 7) is 2.65. The summed E-state index contributed by atoms with van der Waals surface area (Å²) in [5.74, 6) is 0.601. The summed E-state index contributed by atoms with van der Waals surface area (Å²) >= 11 is 0. The molecule has 1 fully saturated rings. The Morgan fingerprint density at radius 3 is 2.30 bits per heavy atom. The maximum atomic E-state index is 13.0. The van der Waals surface area contributed by atoms with Gasteiger partial charge in [-0.15, -0.1) is 0 Å². The van der Waals surface area contributed by atoms with E-state index in [1.807, 2.05) is 18.2 Å². The van der Waals surface area contributed by atoms with E-state index in [1.54, 1.807) is 6.07 Å². The predicted octanol–water partition coefficient (Wildman–Crippen LogP) is 4.79. The third-order valence-corrected chi connectivity index (χ3v) is 5.07. The van der Waals surface area contributed by atoms with Crippen molar-refractivity contribution < 1.29 is 13.2 Å². The second-order valence-electron chi connectivity index (χ2n) is 6.65. The average molecular weight is 317 g/mol. The van der Waals surface area contributed by atoms with Crippen LogP contribution in [-0.4, -0.2) is 18.0 Å². The largest absolute Gasteiger partial charge is 0.416 e. The molecule has 120 valence electrons. The van der Waals surface area contributed by atoms with Crippen molar-refractivity contribution >= 4 is 0 Å². The van der Waals surface area contributed by atoms with E-state index in [4.69, 9.17) is 0 Å². The Morgan fingerprint density at radius 1 is 0.913 bits per heavy atom. The predicted molar refractivity (Wildman–Crippen MR) is 83.3 cm³/mol. The van der Waals surface area contributed by atoms with Gasteiger partial charge in [0.15, 0.2) is 0 Å². The van der Waals surface area contributed by atoms with E-state index < -0.39 is 11.7 Å². The first kappa shape index (κ1) is 14.8. The molecule has 0 spiro atoms. The van der Waals surface area contributed by atoms with Crippen LogP contribution in [0, 0.1) is 0 Å². The van der Waals surface area contributed by atoms with Crippen molar-refractivity contribution in [3.05, 3.63) is 70.8 Å². The van der Waals surface area contributed by atoms with Gasteiger partial charge in [0.2, 0.25) is 0 Å². The van der Waals surface area contributed by atoms with E-state index in [-0.39, 0.29) is 5.92 Å². The molecular formula is C19H18F3N. The van der Waals surface area contributed by atoms with Gasteiger partial charge in [-0.25, -0.2) is 0 Å². The Morgan fingerprint density at radius 2 is 1.61 bits per heavy atom. The first-order chi connectivity index (χ1) is 11.0. The standard InChI is InChI=1S/C19H18F3N/c20-19(21,22)16-6-7-17-14-8-15(18(17)9-16)12-23(11-14)10-13-4-2-1-3-5-13/h1-7,9,14-15H,8,10-12H2. The minimum Gasteiger partial charge on any atom is -0.298 e. The highest BCUT2D eigenvalue weighted by atomic mass is 19.4. The number of hydrogen-bond acceptors (Lipinski definition) is 1. The molecule has 1 aliphatic heterocycles. The monoisotopic (exact) mass is 317 g/mol. The molecule has 1 heterocycles. The number of benzene rings is 2. The molecule has 1 saturated heterocycles. The van der Waals surface area contributed by atoms with Gasteiger partial charge in [0.1, 0.15) is 0 Å². The number of halogens is 3. The average Bonchev–Trinajstić information content (AvgIpc) is 2.78. The lowest BCUT2D eigenvalue weighted by Crippen LogP contribution is -2.34. The van der Waals surface area contributed by atoms with E-state index >= 15 is 0 Å². The van der Waals surface area contributed by atoms with Crippen molar-refractivity contribution in [3.8, 4) is 0 Å². The number of hydrogen-bond donors (Lipinski definition) is 0. The number of alkyl halides is 3. The molecule has 4 rings (SSSR count). The van der Waals surface area contributed by atoms with Gasteiger partial charge in [0.05, 0.1) is 5.56 Å². The second-order valence-corrected chi connectivity index (χ2v) is 6.65. The summed E-state index contributed by atoms with van der Waals surface area (Å²) in [6.07, 6.45) is -3.27. The summed E-state index contributed by atoms with van der Waals surface area (Å²) in [4.78, 5) is 2.38. The van der Waals surface area contributed by atoms with Crippen LogP contribution in [0.15, 0.2) is 48.5 Å². The molecule has 1 aliphatic carbocycles. The topological polar surface area (TPSA) is 3.24 Å². The summed E-state index contributed by atoms with van der Waals surface area (Å²) in [6, 6.07) is 14.6. The Hall–Kier alpha value is -1.81. The van der Waals surface area contributed by atoms with Gasteiger partial charge in [-0.3, -0.25) is 4.90 Å². The van der Waals surface area contributed by atoms with Gasteiger partial charge in [-0.1, -0.05) is 36.4 Å². The third kappa shape index (κ3) is 2.76. The fraction of sp³-hybridized carbons (Fsp3) is 0.368. The summed E-state index contributed by atoms with van der Waals surface area (Å²) in [7, 11) is 0. The SMILES string of the molecule is FC(F)(F)c1ccc2c(c1)C1CC2CN(Cc2ccccc2)C1. The third-order valence-electron chi connectivity index (χ3n) is 5.07. The van der Waals surface area contributed by atoms with E-state index in [1.165, 1.54) is 17.7 Å². The molecule has 1 nitrogen and oxygen atoms in total. The van der Waals surface area contributed by atoms with Crippen molar-refractivity contribution in [2.45, 2.75) is 31.0 Å². The molecule has 2 atom stereocenters. The van der Waals surface area contributed by atoms with Crippen LogP contribution in [-0.2, 0) is 12.7 Å². The Bertz CT molecular complexity index is 708. The van der Waals surface area contributed by atoms with Crippen molar-refractivity contribution in [2.24, 2.45) is 0 Å². The Balaban J connectivity index is 1.57. The number of nitrogens with zero attached hydrogens (tertiary/aromatic N) is 1. The van der Waals surface area contributed by atoms with Crippen LogP contribution in [0.4, 0.5) is 13.2 Å². The van der Waals surface area contributed by atoms with Crippen LogP contribution in [0.1, 0.15) is 40.5 Å². The fourth-order valence-corrected chi connectivity index (χ4v) is 4.09. The highest BCUT2D eigenvalue weighted by Gasteiger charge is 2.39. The van der Waals surface area contributed by atoms with Crippen LogP contribution in [0.25, 0.3) is 0 Å². The zero-order valence-corrected chi connectivity index (χ0v) is 12.7. The van der Waals surface area contributed by atoms with E-state index in [0.29, 0.717) is 5.92 Å². The van der Waals surface area contributed by atoms with Crippen molar-refractivity contribution in [1.29, 1.82) is 0 Å². The van der Waals surface area contributed by atoms with Gasteiger partial charge >= 0.3 is 6.18 Å². The molecule has 0 saturated carbocycles. The molecule has 2 aliphatic rings. The molecule has 0 radical (unpaired) electrons. The number of rotatable bonds is 2. The number of likely N-dealkylation sites (tertiary alicyclic amines) is 1. The van der Waals surface area contributed by atoms with E-state index in [9.17, 15) is 13.2 Å². The Labute approximate surface area is 133 Å². The van der Waals surface area contributed by atoms with E-state index in [0.717, 1.165) is 37.2 Å². The van der Waals surface area contributed by atoms with Gasteiger partial charge < -0.3 is 0 Å². The van der Waals surface area contributed by atoms with Gasteiger partial charge in [0, 0.05) is 19.6 Å². The maximum absolute atomic E-state index is 13.0. The van der Waals surface area contributed by atoms with Crippen molar-refractivity contribution in [2.75, 3.05) is 13.1 Å². The second kappa shape index (κ2) is 5.38. The zero-order chi connectivity index (χ0) is 16.0. The molecule has 2 unspecified atom stereocenters. The molecule has 4 heteroatoms. The lowest BCUT2D eigenvalue weighted by Gasteiger charge is -2.32. The highest BCUT2D eigenvalue weighted by Crippen LogP contribution is 2.47. The first-order valence-corrected chi connectivity index (χ1v) is 7.98. The zero-order valence-electron chi connectivity index (χ0n) is 12.7. The Kier molecular flexibility index (Phi) is 3.45. The molecular weight excluding hydrogens is 299 g/mol. The molecule has 0 aromatic heterocycles. The minimum atomic E-state index is -4.25. The molecule has 0 N–H and O–H groups in total. The van der Waals surface area contributed by atoms with Crippen LogP contribution < -0.4 is 0 Å². The van der Waals surface area contributed by atoms with Crippen molar-refractivity contribution in [3.63, 3.8) is 0 Å². The smallest absolute Gasteiger partial charge is 0.298 e. The van der Waals surface area contributed by atoms with Crippen LogP contribution in [0.2, 0.25) is 0 Å². The summed E-state index contributed by atoms with van der Waals surface area (Å²) < 4.78 is 38.9. The van der Waals surface area contributed by atoms with Gasteiger partial charge in [-0.05, 0) is 47.1 Å². The van der Waals surface area contributed by atoms with Gasteiger partial charge in [0.25, 0.3) is 0 Å². The maximum Gasteiger partial charge on any atom is 0.416 e. The number of piperidine rings is 1. The molecule has 2 aromatic carbocycles. The normalized spacial score (nSPS) is 23.8. The minimum absolute atomic E-state index is 0.231. The molecule has 2 bridgehead atoms. The first-order valence-electron chi connectivity index (χ1n) is 7.98. The quantitative estimate of drug-likeness (QED) is 0.769. The summed E-state index contributed by atoms with van der Waals surface area (Å²) in [5, 5.41) is 0. The highest BCUT2D eigenvalue weighted by molar-refractivity contribution is 5.43. The molecule has 0 amide bonds. The molecule has 2 aromatic rings. The van der Waals surface area contributed by atoms with Crippen molar-refractivity contribution in [1.82, 2.24) is 4.90 Å².